The summed E-state index contributed by atoms with van der Waals surface area (Å²) in [6.45, 7) is 4.72. The van der Waals surface area contributed by atoms with Gasteiger partial charge in [-0.1, -0.05) is 42.5 Å². The second kappa shape index (κ2) is 8.27. The molecule has 0 aliphatic carbocycles. The molecule has 0 saturated carbocycles. The molecule has 5 heteroatoms. The van der Waals surface area contributed by atoms with Crippen molar-refractivity contribution < 1.29 is 4.79 Å². The van der Waals surface area contributed by atoms with Crippen LogP contribution >= 0.6 is 0 Å². The Labute approximate surface area is 170 Å². The van der Waals surface area contributed by atoms with Crippen molar-refractivity contribution in [3.8, 4) is 11.1 Å². The van der Waals surface area contributed by atoms with E-state index in [0.29, 0.717) is 6.54 Å². The van der Waals surface area contributed by atoms with Crippen LogP contribution in [-0.2, 0) is 6.42 Å². The van der Waals surface area contributed by atoms with Crippen LogP contribution in [0.15, 0.2) is 60.9 Å². The van der Waals surface area contributed by atoms with Crippen molar-refractivity contribution in [3.63, 3.8) is 0 Å². The van der Waals surface area contributed by atoms with Gasteiger partial charge < -0.3 is 5.32 Å². The molecule has 146 valence electrons. The van der Waals surface area contributed by atoms with Crippen LogP contribution in [0.5, 0.6) is 0 Å². The number of aromatic nitrogens is 3. The third-order valence-electron chi connectivity index (χ3n) is 5.33. The lowest BCUT2D eigenvalue weighted by Crippen LogP contribution is -2.25. The highest BCUT2D eigenvalue weighted by molar-refractivity contribution is 5.95. The number of carbonyl (C=O) groups excluding carboxylic acids is 1. The van der Waals surface area contributed by atoms with Crippen LogP contribution < -0.4 is 5.32 Å². The van der Waals surface area contributed by atoms with Crippen molar-refractivity contribution in [1.82, 2.24) is 20.5 Å². The smallest absolute Gasteiger partial charge is 0.251 e. The minimum atomic E-state index is -0.00365. The lowest BCUT2D eigenvalue weighted by molar-refractivity contribution is 0.0952. The Morgan fingerprint density at radius 2 is 1.83 bits per heavy atom. The van der Waals surface area contributed by atoms with Crippen LogP contribution in [0, 0.1) is 13.8 Å². The molecule has 5 nitrogen and oxygen atoms in total. The molecule has 0 aliphatic heterocycles. The fourth-order valence-electron chi connectivity index (χ4n) is 3.58. The largest absolute Gasteiger partial charge is 0.352 e. The maximum Gasteiger partial charge on any atom is 0.251 e. The molecule has 2 aromatic heterocycles. The number of benzene rings is 2. The SMILES string of the molecule is Cc1ccccc1C(=O)NCCCc1ccc(-c2cnc3[nH]ncc3c2C)cc1. The van der Waals surface area contributed by atoms with Crippen molar-refractivity contribution in [1.29, 1.82) is 0 Å². The molecular formula is C24H24N4O. The maximum atomic E-state index is 12.3. The molecule has 29 heavy (non-hydrogen) atoms. The topological polar surface area (TPSA) is 70.7 Å². The van der Waals surface area contributed by atoms with E-state index in [9.17, 15) is 4.79 Å². The number of H-pyrrole nitrogens is 1. The molecule has 0 atom stereocenters. The molecule has 0 fully saturated rings. The third kappa shape index (κ3) is 4.04. The molecule has 4 aromatic rings. The van der Waals surface area contributed by atoms with Gasteiger partial charge in [-0.25, -0.2) is 4.98 Å². The summed E-state index contributed by atoms with van der Waals surface area (Å²) in [5, 5.41) is 11.0. The Balaban J connectivity index is 1.34. The summed E-state index contributed by atoms with van der Waals surface area (Å²) in [5.74, 6) is -0.00365. The van der Waals surface area contributed by atoms with Crippen LogP contribution in [0.3, 0.4) is 0 Å². The quantitative estimate of drug-likeness (QED) is 0.477. The zero-order valence-corrected chi connectivity index (χ0v) is 16.7. The number of fused-ring (bicyclic) bond motifs is 1. The van der Waals surface area contributed by atoms with Gasteiger partial charge in [-0.2, -0.15) is 5.10 Å². The minimum Gasteiger partial charge on any atom is -0.352 e. The number of hydrogen-bond acceptors (Lipinski definition) is 3. The van der Waals surface area contributed by atoms with Gasteiger partial charge in [0.15, 0.2) is 5.65 Å². The molecule has 2 aromatic carbocycles. The molecular weight excluding hydrogens is 360 g/mol. The normalized spacial score (nSPS) is 11.0. The minimum absolute atomic E-state index is 0.00365. The van der Waals surface area contributed by atoms with E-state index >= 15 is 0 Å². The van der Waals surface area contributed by atoms with Gasteiger partial charge in [0.1, 0.15) is 0 Å². The summed E-state index contributed by atoms with van der Waals surface area (Å²) in [5.41, 5.74) is 7.26. The number of nitrogens with one attached hydrogen (secondary N) is 2. The summed E-state index contributed by atoms with van der Waals surface area (Å²) in [6.07, 6.45) is 5.54. The number of aromatic amines is 1. The number of amides is 1. The zero-order chi connectivity index (χ0) is 20.2. The van der Waals surface area contributed by atoms with E-state index in [2.05, 4.69) is 51.7 Å². The van der Waals surface area contributed by atoms with Crippen molar-refractivity contribution in [2.45, 2.75) is 26.7 Å². The lowest BCUT2D eigenvalue weighted by atomic mass is 9.99. The first-order chi connectivity index (χ1) is 14.1. The van der Waals surface area contributed by atoms with Crippen LogP contribution in [0.2, 0.25) is 0 Å². The predicted molar refractivity (Wildman–Crippen MR) is 116 cm³/mol. The molecule has 2 N–H and O–H groups in total. The molecule has 0 radical (unpaired) electrons. The van der Waals surface area contributed by atoms with Crippen molar-refractivity contribution >= 4 is 16.9 Å². The second-order valence-corrected chi connectivity index (χ2v) is 7.30. The highest BCUT2D eigenvalue weighted by Crippen LogP contribution is 2.27. The van der Waals surface area contributed by atoms with Gasteiger partial charge in [0.05, 0.1) is 6.20 Å². The van der Waals surface area contributed by atoms with E-state index in [1.807, 2.05) is 43.6 Å². The van der Waals surface area contributed by atoms with E-state index < -0.39 is 0 Å². The average molecular weight is 384 g/mol. The van der Waals surface area contributed by atoms with Gasteiger partial charge in [0.25, 0.3) is 5.91 Å². The molecule has 0 unspecified atom stereocenters. The highest BCUT2D eigenvalue weighted by Gasteiger charge is 2.09. The summed E-state index contributed by atoms with van der Waals surface area (Å²) in [6, 6.07) is 16.2. The van der Waals surface area contributed by atoms with Gasteiger partial charge in [0.2, 0.25) is 0 Å². The van der Waals surface area contributed by atoms with E-state index in [0.717, 1.165) is 46.1 Å². The number of rotatable bonds is 6. The number of aryl methyl sites for hydroxylation is 3. The van der Waals surface area contributed by atoms with Gasteiger partial charge >= 0.3 is 0 Å². The molecule has 0 spiro atoms. The first kappa shape index (κ1) is 18.9. The van der Waals surface area contributed by atoms with E-state index in [1.54, 1.807) is 0 Å². The first-order valence-corrected chi connectivity index (χ1v) is 9.85. The van der Waals surface area contributed by atoms with Crippen molar-refractivity contribution in [3.05, 3.63) is 83.2 Å². The monoisotopic (exact) mass is 384 g/mol. The Bertz CT molecular complexity index is 1150. The van der Waals surface area contributed by atoms with E-state index in [1.165, 1.54) is 11.1 Å². The highest BCUT2D eigenvalue weighted by atomic mass is 16.1. The molecule has 4 rings (SSSR count). The Morgan fingerprint density at radius 1 is 1.03 bits per heavy atom. The third-order valence-corrected chi connectivity index (χ3v) is 5.33. The van der Waals surface area contributed by atoms with Crippen molar-refractivity contribution in [2.24, 2.45) is 0 Å². The Kier molecular flexibility index (Phi) is 5.38. The Morgan fingerprint density at radius 3 is 2.62 bits per heavy atom. The fourth-order valence-corrected chi connectivity index (χ4v) is 3.58. The molecule has 0 bridgehead atoms. The number of nitrogens with zero attached hydrogens (tertiary/aromatic N) is 2. The molecule has 0 saturated heterocycles. The van der Waals surface area contributed by atoms with Gasteiger partial charge in [-0.05, 0) is 55.0 Å². The number of hydrogen-bond donors (Lipinski definition) is 2. The van der Waals surface area contributed by atoms with Crippen LogP contribution in [0.4, 0.5) is 0 Å². The summed E-state index contributed by atoms with van der Waals surface area (Å²) in [7, 11) is 0. The Hall–Kier alpha value is -3.47. The fraction of sp³-hybridized carbons (Fsp3) is 0.208. The molecule has 2 heterocycles. The molecule has 0 aliphatic rings. The van der Waals surface area contributed by atoms with Gasteiger partial charge in [-0.3, -0.25) is 9.89 Å². The predicted octanol–water partition coefficient (Wildman–Crippen LogP) is 4.60. The van der Waals surface area contributed by atoms with Gasteiger partial charge in [0, 0.05) is 29.3 Å². The van der Waals surface area contributed by atoms with E-state index in [-0.39, 0.29) is 5.91 Å². The number of carbonyl (C=O) groups is 1. The first-order valence-electron chi connectivity index (χ1n) is 9.85. The average Bonchev–Trinajstić information content (AvgIpc) is 3.22. The lowest BCUT2D eigenvalue weighted by Gasteiger charge is -2.09. The van der Waals surface area contributed by atoms with Gasteiger partial charge in [-0.15, -0.1) is 0 Å². The van der Waals surface area contributed by atoms with E-state index in [4.69, 9.17) is 0 Å². The summed E-state index contributed by atoms with van der Waals surface area (Å²) < 4.78 is 0. The maximum absolute atomic E-state index is 12.3. The van der Waals surface area contributed by atoms with Crippen LogP contribution in [0.1, 0.15) is 33.5 Å². The second-order valence-electron chi connectivity index (χ2n) is 7.30. The standard InChI is InChI=1S/C24H24N4O/c1-16-6-3-4-8-20(16)24(29)25-13-5-7-18-9-11-19(12-10-18)21-14-26-23-22(17(21)2)15-27-28-23/h3-4,6,8-12,14-15H,5,7,13H2,1-2H3,(H,25,29)(H,26,27,28). The zero-order valence-electron chi connectivity index (χ0n) is 16.7. The summed E-state index contributed by atoms with van der Waals surface area (Å²) >= 11 is 0. The molecule has 1 amide bonds. The van der Waals surface area contributed by atoms with Crippen LogP contribution in [-0.4, -0.2) is 27.6 Å². The van der Waals surface area contributed by atoms with Crippen molar-refractivity contribution in [2.75, 3.05) is 6.54 Å². The number of pyridine rings is 1. The summed E-state index contributed by atoms with van der Waals surface area (Å²) in [4.78, 5) is 16.7. The van der Waals surface area contributed by atoms with Crippen LogP contribution in [0.25, 0.3) is 22.2 Å².